The van der Waals surface area contributed by atoms with Gasteiger partial charge >= 0.3 is 0 Å². The quantitative estimate of drug-likeness (QED) is 0.421. The van der Waals surface area contributed by atoms with Crippen molar-refractivity contribution in [1.82, 2.24) is 0 Å². The number of terminal acetylenes is 1. The minimum Gasteiger partial charge on any atom is -0.516 e. The zero-order valence-electron chi connectivity index (χ0n) is 4.54. The zero-order chi connectivity index (χ0) is 6.24. The van der Waals surface area contributed by atoms with Crippen LogP contribution in [0.3, 0.4) is 0 Å². The molecule has 0 amide bonds. The highest BCUT2D eigenvalue weighted by Gasteiger charge is 1.64. The lowest BCUT2D eigenvalue weighted by Gasteiger charge is -1.73. The van der Waals surface area contributed by atoms with E-state index in [-0.39, 0.29) is 0 Å². The molecule has 0 aromatic rings. The van der Waals surface area contributed by atoms with Crippen molar-refractivity contribution in [3.63, 3.8) is 0 Å². The third-order valence-electron chi connectivity index (χ3n) is 0.592. The molecule has 0 radical (unpaired) electrons. The standard InChI is InChI=1S/C7H8O/c1-2-3-4-5-6-7-8/h1,3-4,6-8H,5H2. The fourth-order valence-electron chi connectivity index (χ4n) is 0.276. The van der Waals surface area contributed by atoms with Crippen LogP contribution in [0.5, 0.6) is 0 Å². The van der Waals surface area contributed by atoms with Crippen molar-refractivity contribution in [3.05, 3.63) is 24.5 Å². The smallest absolute Gasteiger partial charge is 0.0754 e. The third kappa shape index (κ3) is 4.84. The van der Waals surface area contributed by atoms with E-state index >= 15 is 0 Å². The monoisotopic (exact) mass is 108 g/mol. The van der Waals surface area contributed by atoms with Crippen molar-refractivity contribution in [2.75, 3.05) is 0 Å². The van der Waals surface area contributed by atoms with E-state index in [1.807, 2.05) is 0 Å². The fourth-order valence-corrected chi connectivity index (χ4v) is 0.276. The summed E-state index contributed by atoms with van der Waals surface area (Å²) < 4.78 is 0. The molecule has 0 aliphatic carbocycles. The molecule has 0 spiro atoms. The SMILES string of the molecule is C#CC=CCC=CO. The van der Waals surface area contributed by atoms with Crippen LogP contribution in [0.25, 0.3) is 0 Å². The molecule has 8 heavy (non-hydrogen) atoms. The highest BCUT2D eigenvalue weighted by molar-refractivity contribution is 5.09. The van der Waals surface area contributed by atoms with Crippen molar-refractivity contribution in [2.24, 2.45) is 0 Å². The Labute approximate surface area is 49.3 Å². The molecule has 0 aliphatic rings. The molecule has 0 aromatic heterocycles. The van der Waals surface area contributed by atoms with Crippen molar-refractivity contribution in [3.8, 4) is 12.3 Å². The van der Waals surface area contributed by atoms with Gasteiger partial charge in [0.05, 0.1) is 6.26 Å². The van der Waals surface area contributed by atoms with Gasteiger partial charge in [-0.15, -0.1) is 6.42 Å². The molecule has 0 atom stereocenters. The molecule has 0 saturated carbocycles. The molecular weight excluding hydrogens is 100 g/mol. The summed E-state index contributed by atoms with van der Waals surface area (Å²) in [7, 11) is 0. The Bertz CT molecular complexity index is 126. The lowest BCUT2D eigenvalue weighted by atomic mass is 10.4. The summed E-state index contributed by atoms with van der Waals surface area (Å²) >= 11 is 0. The summed E-state index contributed by atoms with van der Waals surface area (Å²) in [5.41, 5.74) is 0. The number of aliphatic hydroxyl groups excluding tert-OH is 1. The summed E-state index contributed by atoms with van der Waals surface area (Å²) in [4.78, 5) is 0. The number of hydrogen-bond donors (Lipinski definition) is 1. The summed E-state index contributed by atoms with van der Waals surface area (Å²) in [5, 5.41) is 8.10. The van der Waals surface area contributed by atoms with Gasteiger partial charge < -0.3 is 5.11 Å². The molecule has 0 saturated heterocycles. The van der Waals surface area contributed by atoms with Crippen molar-refractivity contribution in [1.29, 1.82) is 0 Å². The Hall–Kier alpha value is -1.16. The van der Waals surface area contributed by atoms with Gasteiger partial charge in [0, 0.05) is 0 Å². The Morgan fingerprint density at radius 1 is 1.50 bits per heavy atom. The van der Waals surface area contributed by atoms with Gasteiger partial charge in [-0.1, -0.05) is 12.0 Å². The average molecular weight is 108 g/mol. The second kappa shape index (κ2) is 5.84. The third-order valence-corrected chi connectivity index (χ3v) is 0.592. The minimum absolute atomic E-state index is 0.695. The molecule has 0 heterocycles. The van der Waals surface area contributed by atoms with Gasteiger partial charge in [-0.05, 0) is 18.6 Å². The van der Waals surface area contributed by atoms with Gasteiger partial charge in [0.25, 0.3) is 0 Å². The van der Waals surface area contributed by atoms with E-state index in [4.69, 9.17) is 11.5 Å². The van der Waals surface area contributed by atoms with Crippen LogP contribution in [0.2, 0.25) is 0 Å². The maximum absolute atomic E-state index is 8.10. The molecular formula is C7H8O. The van der Waals surface area contributed by atoms with E-state index < -0.39 is 0 Å². The molecule has 0 aliphatic heterocycles. The largest absolute Gasteiger partial charge is 0.516 e. The Balaban J connectivity index is 3.20. The van der Waals surface area contributed by atoms with E-state index in [0.717, 1.165) is 6.26 Å². The molecule has 1 nitrogen and oxygen atoms in total. The lowest BCUT2D eigenvalue weighted by molar-refractivity contribution is 0.471. The van der Waals surface area contributed by atoms with Crippen LogP contribution < -0.4 is 0 Å². The van der Waals surface area contributed by atoms with Crippen LogP contribution in [0.15, 0.2) is 24.5 Å². The van der Waals surface area contributed by atoms with Gasteiger partial charge in [-0.25, -0.2) is 0 Å². The molecule has 1 heteroatoms. The van der Waals surface area contributed by atoms with Crippen LogP contribution in [-0.4, -0.2) is 5.11 Å². The van der Waals surface area contributed by atoms with Crippen LogP contribution >= 0.6 is 0 Å². The molecule has 0 fully saturated rings. The molecule has 42 valence electrons. The summed E-state index contributed by atoms with van der Waals surface area (Å²) in [5.74, 6) is 2.33. The topological polar surface area (TPSA) is 20.2 Å². The van der Waals surface area contributed by atoms with E-state index in [2.05, 4.69) is 5.92 Å². The molecule has 0 rings (SSSR count). The summed E-state index contributed by atoms with van der Waals surface area (Å²) in [6, 6.07) is 0. The van der Waals surface area contributed by atoms with Gasteiger partial charge in [-0.2, -0.15) is 0 Å². The van der Waals surface area contributed by atoms with Crippen LogP contribution in [-0.2, 0) is 0 Å². The van der Waals surface area contributed by atoms with E-state index in [1.54, 1.807) is 18.2 Å². The van der Waals surface area contributed by atoms with Gasteiger partial charge in [0.2, 0.25) is 0 Å². The maximum atomic E-state index is 8.10. The maximum Gasteiger partial charge on any atom is 0.0754 e. The summed E-state index contributed by atoms with van der Waals surface area (Å²) in [6.07, 6.45) is 11.6. The molecule has 0 aromatic carbocycles. The lowest BCUT2D eigenvalue weighted by Crippen LogP contribution is -1.55. The van der Waals surface area contributed by atoms with Crippen molar-refractivity contribution >= 4 is 0 Å². The zero-order valence-corrected chi connectivity index (χ0v) is 4.54. The number of allylic oxidation sites excluding steroid dienone is 3. The van der Waals surface area contributed by atoms with Crippen molar-refractivity contribution < 1.29 is 5.11 Å². The van der Waals surface area contributed by atoms with E-state index in [0.29, 0.717) is 6.42 Å². The van der Waals surface area contributed by atoms with E-state index in [1.165, 1.54) is 0 Å². The predicted octanol–water partition coefficient (Wildman–Crippen LogP) is 1.64. The van der Waals surface area contributed by atoms with Crippen molar-refractivity contribution in [2.45, 2.75) is 6.42 Å². The number of aliphatic hydroxyl groups is 1. The second-order valence-electron chi connectivity index (χ2n) is 1.19. The second-order valence-corrected chi connectivity index (χ2v) is 1.19. The number of hydrogen-bond acceptors (Lipinski definition) is 1. The Morgan fingerprint density at radius 2 is 2.25 bits per heavy atom. The fraction of sp³-hybridized carbons (Fsp3) is 0.143. The van der Waals surface area contributed by atoms with Gasteiger partial charge in [0.15, 0.2) is 0 Å². The highest BCUT2D eigenvalue weighted by Crippen LogP contribution is 1.81. The van der Waals surface area contributed by atoms with Crippen LogP contribution in [0, 0.1) is 12.3 Å². The van der Waals surface area contributed by atoms with Gasteiger partial charge in [0.1, 0.15) is 0 Å². The van der Waals surface area contributed by atoms with Crippen LogP contribution in [0.1, 0.15) is 6.42 Å². The van der Waals surface area contributed by atoms with Gasteiger partial charge in [-0.3, -0.25) is 0 Å². The van der Waals surface area contributed by atoms with E-state index in [9.17, 15) is 0 Å². The predicted molar refractivity (Wildman–Crippen MR) is 34.4 cm³/mol. The first-order valence-corrected chi connectivity index (χ1v) is 2.32. The summed E-state index contributed by atoms with van der Waals surface area (Å²) in [6.45, 7) is 0. The highest BCUT2D eigenvalue weighted by atomic mass is 16.2. The number of rotatable bonds is 2. The normalized spacial score (nSPS) is 10.4. The Morgan fingerprint density at radius 3 is 2.75 bits per heavy atom. The van der Waals surface area contributed by atoms with Crippen LogP contribution in [0.4, 0.5) is 0 Å². The molecule has 0 unspecified atom stereocenters. The first kappa shape index (κ1) is 6.84. The first-order chi connectivity index (χ1) is 3.91. The minimum atomic E-state index is 0.695. The molecule has 0 bridgehead atoms. The average Bonchev–Trinajstić information content (AvgIpc) is 1.81. The molecule has 1 N–H and O–H groups in total. The Kier molecular flexibility index (Phi) is 4.99. The first-order valence-electron chi connectivity index (χ1n) is 2.32.